The minimum atomic E-state index is -0.114. The zero-order chi connectivity index (χ0) is 26.0. The van der Waals surface area contributed by atoms with E-state index in [4.69, 9.17) is 4.74 Å². The van der Waals surface area contributed by atoms with E-state index in [1.165, 1.54) is 11.1 Å². The zero-order valence-electron chi connectivity index (χ0n) is 21.3. The maximum Gasteiger partial charge on any atom is 0.322 e. The number of anilines is 1. The molecule has 0 aliphatic carbocycles. The number of nitrogens with one attached hydrogen (secondary N) is 2. The van der Waals surface area contributed by atoms with Crippen molar-refractivity contribution in [2.45, 2.75) is 45.8 Å². The fourth-order valence-corrected chi connectivity index (χ4v) is 4.35. The summed E-state index contributed by atoms with van der Waals surface area (Å²) in [5.41, 5.74) is 5.51. The fourth-order valence-electron chi connectivity index (χ4n) is 4.35. The minimum absolute atomic E-state index is 0.0110. The van der Waals surface area contributed by atoms with Gasteiger partial charge in [-0.25, -0.2) is 9.78 Å². The number of aromatic nitrogens is 3. The van der Waals surface area contributed by atoms with Gasteiger partial charge in [0.25, 0.3) is 0 Å². The molecule has 2 amide bonds. The number of amides is 2. The molecule has 5 rings (SSSR count). The van der Waals surface area contributed by atoms with Crippen molar-refractivity contribution in [3.05, 3.63) is 89.4 Å². The number of aliphatic hydroxyl groups excluding tert-OH is 1. The summed E-state index contributed by atoms with van der Waals surface area (Å²) in [5, 5.41) is 12.3. The number of benzene rings is 2. The molecule has 0 spiro atoms. The number of carbonyl (C=O) groups is 1. The van der Waals surface area contributed by atoms with Crippen LogP contribution in [0.4, 0.5) is 10.5 Å². The monoisotopic (exact) mass is 497 g/mol. The number of carbonyl (C=O) groups excluding carboxylic acids is 1. The van der Waals surface area contributed by atoms with Crippen molar-refractivity contribution in [3.63, 3.8) is 0 Å². The van der Waals surface area contributed by atoms with Gasteiger partial charge in [-0.15, -0.1) is 0 Å². The average molecular weight is 498 g/mol. The maximum atomic E-state index is 13.1. The van der Waals surface area contributed by atoms with Crippen molar-refractivity contribution in [1.82, 2.24) is 19.9 Å². The summed E-state index contributed by atoms with van der Waals surface area (Å²) < 4.78 is 6.13. The van der Waals surface area contributed by atoms with E-state index in [2.05, 4.69) is 53.2 Å². The highest BCUT2D eigenvalue weighted by Crippen LogP contribution is 2.29. The molecular formula is C29H31N5O3. The molecule has 0 radical (unpaired) electrons. The van der Waals surface area contributed by atoms with Crippen molar-refractivity contribution in [2.24, 2.45) is 0 Å². The molecular weight excluding hydrogens is 466 g/mol. The first-order valence-electron chi connectivity index (χ1n) is 12.4. The van der Waals surface area contributed by atoms with Crippen molar-refractivity contribution in [3.8, 4) is 23.0 Å². The molecule has 2 aromatic heterocycles. The number of rotatable bonds is 5. The van der Waals surface area contributed by atoms with E-state index >= 15 is 0 Å². The lowest BCUT2D eigenvalue weighted by Crippen LogP contribution is -2.38. The van der Waals surface area contributed by atoms with Crippen LogP contribution in [-0.4, -0.2) is 37.5 Å². The van der Waals surface area contributed by atoms with Crippen molar-refractivity contribution in [2.75, 3.05) is 11.9 Å². The van der Waals surface area contributed by atoms with Crippen LogP contribution in [0, 0.1) is 0 Å². The van der Waals surface area contributed by atoms with Gasteiger partial charge in [-0.05, 0) is 58.9 Å². The molecule has 8 heteroatoms. The van der Waals surface area contributed by atoms with Crippen molar-refractivity contribution < 1.29 is 14.6 Å². The molecule has 4 aromatic rings. The summed E-state index contributed by atoms with van der Waals surface area (Å²) >= 11 is 0. The molecule has 0 saturated heterocycles. The van der Waals surface area contributed by atoms with Crippen LogP contribution >= 0.6 is 0 Å². The molecule has 3 N–H and O–H groups in total. The molecule has 0 bridgehead atoms. The lowest BCUT2D eigenvalue weighted by molar-refractivity contribution is 0.206. The van der Waals surface area contributed by atoms with E-state index in [0.29, 0.717) is 41.8 Å². The largest absolute Gasteiger partial charge is 0.457 e. The highest BCUT2D eigenvalue weighted by Gasteiger charge is 2.22. The molecule has 37 heavy (non-hydrogen) atoms. The molecule has 0 saturated carbocycles. The number of aliphatic hydroxyl groups is 1. The van der Waals surface area contributed by atoms with Crippen LogP contribution in [0.1, 0.15) is 43.2 Å². The number of aromatic amines is 1. The van der Waals surface area contributed by atoms with E-state index in [9.17, 15) is 9.90 Å². The third-order valence-electron chi connectivity index (χ3n) is 6.47. The molecule has 3 heterocycles. The fraction of sp³-hybridized carbons (Fsp3) is 0.276. The van der Waals surface area contributed by atoms with Gasteiger partial charge in [0.05, 0.1) is 18.5 Å². The number of ether oxygens (including phenoxy) is 1. The second-order valence-electron chi connectivity index (χ2n) is 10.3. The van der Waals surface area contributed by atoms with Gasteiger partial charge in [-0.1, -0.05) is 39.0 Å². The molecule has 0 atom stereocenters. The van der Waals surface area contributed by atoms with Crippen LogP contribution in [0.2, 0.25) is 0 Å². The van der Waals surface area contributed by atoms with Gasteiger partial charge in [-0.3, -0.25) is 4.98 Å². The topological polar surface area (TPSA) is 103 Å². The molecule has 2 aromatic carbocycles. The van der Waals surface area contributed by atoms with Crippen LogP contribution < -0.4 is 10.1 Å². The lowest BCUT2D eigenvalue weighted by Gasteiger charge is -2.29. The first-order chi connectivity index (χ1) is 17.8. The molecule has 1 aliphatic heterocycles. The summed E-state index contributed by atoms with van der Waals surface area (Å²) in [7, 11) is 0. The summed E-state index contributed by atoms with van der Waals surface area (Å²) in [6.07, 6.45) is 4.03. The highest BCUT2D eigenvalue weighted by atomic mass is 16.5. The van der Waals surface area contributed by atoms with Gasteiger partial charge in [0.2, 0.25) is 0 Å². The molecule has 0 unspecified atom stereocenters. The van der Waals surface area contributed by atoms with E-state index in [0.717, 1.165) is 17.7 Å². The third kappa shape index (κ3) is 5.65. The van der Waals surface area contributed by atoms with E-state index < -0.39 is 0 Å². The number of hydrogen-bond donors (Lipinski definition) is 3. The smallest absolute Gasteiger partial charge is 0.322 e. The Labute approximate surface area is 216 Å². The lowest BCUT2D eigenvalue weighted by atomic mass is 9.87. The number of pyridine rings is 1. The first-order valence-corrected chi connectivity index (χ1v) is 12.4. The SMILES string of the molecule is CC(C)(C)c1cccc(NC(=O)N2CCc3ccc(Oc4ccnc(-c5ncc(CO)[nH]5)c4)cc3C2)c1. The predicted octanol–water partition coefficient (Wildman–Crippen LogP) is 5.64. The second-order valence-corrected chi connectivity index (χ2v) is 10.3. The van der Waals surface area contributed by atoms with Crippen LogP contribution in [0.25, 0.3) is 11.5 Å². The highest BCUT2D eigenvalue weighted by molar-refractivity contribution is 5.89. The number of fused-ring (bicyclic) bond motifs is 1. The molecule has 0 fully saturated rings. The number of nitrogens with zero attached hydrogens (tertiary/aromatic N) is 3. The summed E-state index contributed by atoms with van der Waals surface area (Å²) in [6.45, 7) is 7.53. The Balaban J connectivity index is 1.28. The predicted molar refractivity (Wildman–Crippen MR) is 143 cm³/mol. The van der Waals surface area contributed by atoms with E-state index in [1.807, 2.05) is 35.2 Å². The standard InChI is InChI=1S/C29H31N5O3/c1-29(2,3)21-5-4-6-22(14-21)33-28(36)34-12-10-19-7-8-24(13-20(19)17-34)37-25-9-11-30-26(15-25)27-31-16-23(18-35)32-27/h4-9,11,13-16,35H,10,12,17-18H2,1-3H3,(H,31,32)(H,33,36). The van der Waals surface area contributed by atoms with Crippen molar-refractivity contribution >= 4 is 11.7 Å². The Hall–Kier alpha value is -4.17. The van der Waals surface area contributed by atoms with Gasteiger partial charge in [0.15, 0.2) is 5.82 Å². The Morgan fingerprint density at radius 1 is 1.08 bits per heavy atom. The third-order valence-corrected chi connectivity index (χ3v) is 6.47. The number of urea groups is 1. The summed E-state index contributed by atoms with van der Waals surface area (Å²) in [6, 6.07) is 17.5. The number of H-pyrrole nitrogens is 1. The van der Waals surface area contributed by atoms with E-state index in [1.54, 1.807) is 24.5 Å². The van der Waals surface area contributed by atoms with Crippen LogP contribution in [0.5, 0.6) is 11.5 Å². The van der Waals surface area contributed by atoms with Crippen LogP contribution in [0.3, 0.4) is 0 Å². The first kappa shape index (κ1) is 24.5. The number of imidazole rings is 1. The van der Waals surface area contributed by atoms with Crippen molar-refractivity contribution in [1.29, 1.82) is 0 Å². The Bertz CT molecular complexity index is 1420. The van der Waals surface area contributed by atoms with Crippen LogP contribution in [0.15, 0.2) is 67.0 Å². The zero-order valence-corrected chi connectivity index (χ0v) is 21.3. The normalized spacial score (nSPS) is 13.2. The van der Waals surface area contributed by atoms with Gasteiger partial charge >= 0.3 is 6.03 Å². The maximum absolute atomic E-state index is 13.1. The molecule has 190 valence electrons. The minimum Gasteiger partial charge on any atom is -0.457 e. The van der Waals surface area contributed by atoms with Gasteiger partial charge in [0, 0.05) is 31.0 Å². The Morgan fingerprint density at radius 2 is 1.92 bits per heavy atom. The Morgan fingerprint density at radius 3 is 2.70 bits per heavy atom. The molecule has 1 aliphatic rings. The Kier molecular flexibility index (Phi) is 6.67. The van der Waals surface area contributed by atoms with Gasteiger partial charge < -0.3 is 25.0 Å². The quantitative estimate of drug-likeness (QED) is 0.331. The second kappa shape index (κ2) is 10.1. The molecule has 8 nitrogen and oxygen atoms in total. The van der Waals surface area contributed by atoms with Crippen LogP contribution in [-0.2, 0) is 25.0 Å². The van der Waals surface area contributed by atoms with E-state index in [-0.39, 0.29) is 18.1 Å². The van der Waals surface area contributed by atoms with Gasteiger partial charge in [-0.2, -0.15) is 0 Å². The summed E-state index contributed by atoms with van der Waals surface area (Å²) in [5.74, 6) is 1.87. The summed E-state index contributed by atoms with van der Waals surface area (Å²) in [4.78, 5) is 26.5. The average Bonchev–Trinajstić information content (AvgIpc) is 3.38. The number of hydrogen-bond acceptors (Lipinski definition) is 5. The van der Waals surface area contributed by atoms with Gasteiger partial charge in [0.1, 0.15) is 17.2 Å².